The van der Waals surface area contributed by atoms with Crippen LogP contribution < -0.4 is 5.32 Å². The average Bonchev–Trinajstić information content (AvgIpc) is 3.28. The third-order valence-electron chi connectivity index (χ3n) is 4.42. The van der Waals surface area contributed by atoms with E-state index in [2.05, 4.69) is 69.9 Å². The van der Waals surface area contributed by atoms with Crippen LogP contribution in [0.4, 0.5) is 0 Å². The van der Waals surface area contributed by atoms with Gasteiger partial charge >= 0.3 is 0 Å². The summed E-state index contributed by atoms with van der Waals surface area (Å²) in [7, 11) is 2.13. The first kappa shape index (κ1) is 15.3. The van der Waals surface area contributed by atoms with Gasteiger partial charge in [-0.05, 0) is 30.6 Å². The van der Waals surface area contributed by atoms with Gasteiger partial charge in [-0.1, -0.05) is 49.0 Å². The van der Waals surface area contributed by atoms with Gasteiger partial charge in [-0.3, -0.25) is 4.90 Å². The molecule has 0 aliphatic carbocycles. The molecule has 0 spiro atoms. The normalized spacial score (nSPS) is 17.3. The molecule has 1 aromatic carbocycles. The molecule has 122 valence electrons. The molecule has 4 nitrogen and oxygen atoms in total. The van der Waals surface area contributed by atoms with Crippen LogP contribution in [0.1, 0.15) is 12.5 Å². The van der Waals surface area contributed by atoms with Gasteiger partial charge in [0.2, 0.25) is 0 Å². The van der Waals surface area contributed by atoms with Gasteiger partial charge in [0.15, 0.2) is 0 Å². The van der Waals surface area contributed by atoms with Crippen LogP contribution in [-0.2, 0) is 0 Å². The van der Waals surface area contributed by atoms with Gasteiger partial charge < -0.3 is 10.3 Å². The zero-order valence-corrected chi connectivity index (χ0v) is 14.6. The summed E-state index contributed by atoms with van der Waals surface area (Å²) in [6.45, 7) is 3.18. The molecule has 0 saturated heterocycles. The molecule has 0 amide bonds. The van der Waals surface area contributed by atoms with Crippen LogP contribution in [0.5, 0.6) is 0 Å². The molecule has 1 atom stereocenters. The van der Waals surface area contributed by atoms with Crippen molar-refractivity contribution in [2.75, 3.05) is 13.6 Å². The van der Waals surface area contributed by atoms with Gasteiger partial charge in [-0.15, -0.1) is 0 Å². The molecule has 1 unspecified atom stereocenters. The largest absolute Gasteiger partial charge is 0.360 e. The van der Waals surface area contributed by atoms with Crippen molar-refractivity contribution in [3.8, 4) is 11.1 Å². The Labute approximate surface area is 146 Å². The third-order valence-corrected chi connectivity index (χ3v) is 5.53. The Morgan fingerprint density at radius 2 is 2.04 bits per heavy atom. The molecule has 0 fully saturated rings. The summed E-state index contributed by atoms with van der Waals surface area (Å²) in [4.78, 5) is 10.2. The minimum absolute atomic E-state index is 0.292. The highest BCUT2D eigenvalue weighted by Crippen LogP contribution is 2.33. The lowest BCUT2D eigenvalue weighted by molar-refractivity contribution is 0.317. The fraction of sp³-hybridized carbons (Fsp3) is 0.211. The monoisotopic (exact) mass is 336 g/mol. The number of pyridine rings is 1. The van der Waals surface area contributed by atoms with E-state index in [9.17, 15) is 0 Å². The highest BCUT2D eigenvalue weighted by molar-refractivity contribution is 8.03. The zero-order valence-electron chi connectivity index (χ0n) is 13.8. The highest BCUT2D eigenvalue weighted by atomic mass is 32.2. The van der Waals surface area contributed by atoms with Crippen LogP contribution in [0.2, 0.25) is 0 Å². The number of nitrogens with zero attached hydrogens (tertiary/aromatic N) is 2. The second-order valence-electron chi connectivity index (χ2n) is 5.93. The Morgan fingerprint density at radius 3 is 2.83 bits per heavy atom. The van der Waals surface area contributed by atoms with Crippen molar-refractivity contribution in [3.05, 3.63) is 59.8 Å². The van der Waals surface area contributed by atoms with Gasteiger partial charge in [0, 0.05) is 28.9 Å². The Bertz CT molecular complexity index is 885. The quantitative estimate of drug-likeness (QED) is 0.753. The van der Waals surface area contributed by atoms with Gasteiger partial charge in [0.05, 0.1) is 5.70 Å². The first-order valence-corrected chi connectivity index (χ1v) is 9.06. The van der Waals surface area contributed by atoms with E-state index in [0.29, 0.717) is 5.50 Å². The molecule has 0 saturated carbocycles. The van der Waals surface area contributed by atoms with Crippen LogP contribution in [-0.4, -0.2) is 34.0 Å². The molecular formula is C19H20N4S. The Hall–Kier alpha value is -2.24. The number of rotatable bonds is 4. The number of benzene rings is 1. The van der Waals surface area contributed by atoms with Crippen molar-refractivity contribution in [1.29, 1.82) is 0 Å². The second kappa shape index (κ2) is 6.34. The van der Waals surface area contributed by atoms with E-state index in [0.717, 1.165) is 28.8 Å². The minimum Gasteiger partial charge on any atom is -0.360 e. The molecule has 3 heterocycles. The molecular weight excluding hydrogens is 316 g/mol. The van der Waals surface area contributed by atoms with Crippen LogP contribution in [0.25, 0.3) is 27.9 Å². The summed E-state index contributed by atoms with van der Waals surface area (Å²) in [6, 6.07) is 12.6. The number of fused-ring (bicyclic) bond motifs is 1. The maximum atomic E-state index is 4.59. The number of nitrogens with one attached hydrogen (secondary N) is 2. The molecule has 0 radical (unpaired) electrons. The summed E-state index contributed by atoms with van der Waals surface area (Å²) in [5, 5.41) is 6.95. The van der Waals surface area contributed by atoms with E-state index in [1.54, 1.807) is 0 Å². The molecule has 2 aromatic heterocycles. The topological polar surface area (TPSA) is 44.0 Å². The third kappa shape index (κ3) is 2.70. The van der Waals surface area contributed by atoms with Crippen molar-refractivity contribution in [3.63, 3.8) is 0 Å². The van der Waals surface area contributed by atoms with Crippen molar-refractivity contribution in [2.24, 2.45) is 0 Å². The SMILES string of the molecule is CCN(C)C1NC(c2c[nH]c3ncc(-c4ccccc4)cc23)=CS1. The van der Waals surface area contributed by atoms with Crippen LogP contribution in [0, 0.1) is 0 Å². The molecule has 1 aliphatic rings. The van der Waals surface area contributed by atoms with E-state index in [1.165, 1.54) is 11.1 Å². The molecule has 4 rings (SSSR count). The standard InChI is InChI=1S/C19H20N4S/c1-3-23(2)19-22-17(12-24-19)16-11-21-18-15(16)9-14(10-20-18)13-7-5-4-6-8-13/h4-12,19,22H,3H2,1-2H3,(H,20,21). The molecule has 5 heteroatoms. The number of thioether (sulfide) groups is 1. The van der Waals surface area contributed by atoms with Gasteiger partial charge in [-0.2, -0.15) is 0 Å². The van der Waals surface area contributed by atoms with Crippen molar-refractivity contribution < 1.29 is 0 Å². The summed E-state index contributed by atoms with van der Waals surface area (Å²) in [5.41, 5.74) is 5.87. The fourth-order valence-corrected chi connectivity index (χ4v) is 3.88. The molecule has 24 heavy (non-hydrogen) atoms. The van der Waals surface area contributed by atoms with E-state index in [4.69, 9.17) is 0 Å². The molecule has 0 bridgehead atoms. The van der Waals surface area contributed by atoms with Crippen molar-refractivity contribution in [2.45, 2.75) is 12.4 Å². The number of hydrogen-bond acceptors (Lipinski definition) is 4. The minimum atomic E-state index is 0.292. The Morgan fingerprint density at radius 1 is 1.21 bits per heavy atom. The lowest BCUT2D eigenvalue weighted by Crippen LogP contribution is -2.37. The predicted molar refractivity (Wildman–Crippen MR) is 102 cm³/mol. The number of aromatic nitrogens is 2. The first-order valence-electron chi connectivity index (χ1n) is 8.11. The fourth-order valence-electron chi connectivity index (χ4n) is 2.87. The summed E-state index contributed by atoms with van der Waals surface area (Å²) in [6.07, 6.45) is 3.97. The maximum absolute atomic E-state index is 4.59. The average molecular weight is 336 g/mol. The van der Waals surface area contributed by atoms with Crippen molar-refractivity contribution in [1.82, 2.24) is 20.2 Å². The van der Waals surface area contributed by atoms with Crippen LogP contribution >= 0.6 is 11.8 Å². The second-order valence-corrected chi connectivity index (χ2v) is 6.88. The summed E-state index contributed by atoms with van der Waals surface area (Å²) < 4.78 is 0. The Kier molecular flexibility index (Phi) is 4.04. The highest BCUT2D eigenvalue weighted by Gasteiger charge is 2.22. The Balaban J connectivity index is 1.70. The lowest BCUT2D eigenvalue weighted by atomic mass is 10.1. The zero-order chi connectivity index (χ0) is 16.5. The smallest absolute Gasteiger partial charge is 0.137 e. The van der Waals surface area contributed by atoms with Gasteiger partial charge in [0.25, 0.3) is 0 Å². The number of aromatic amines is 1. The maximum Gasteiger partial charge on any atom is 0.137 e. The predicted octanol–water partition coefficient (Wildman–Crippen LogP) is 4.10. The van der Waals surface area contributed by atoms with E-state index >= 15 is 0 Å². The molecule has 3 aromatic rings. The van der Waals surface area contributed by atoms with E-state index < -0.39 is 0 Å². The summed E-state index contributed by atoms with van der Waals surface area (Å²) >= 11 is 1.81. The lowest BCUT2D eigenvalue weighted by Gasteiger charge is -2.23. The van der Waals surface area contributed by atoms with Crippen LogP contribution in [0.15, 0.2) is 54.2 Å². The molecule has 1 aliphatic heterocycles. The van der Waals surface area contributed by atoms with Crippen LogP contribution in [0.3, 0.4) is 0 Å². The van der Waals surface area contributed by atoms with Crippen molar-refractivity contribution >= 4 is 28.5 Å². The summed E-state index contributed by atoms with van der Waals surface area (Å²) in [5.74, 6) is 0. The number of hydrogen-bond donors (Lipinski definition) is 2. The molecule has 2 N–H and O–H groups in total. The van der Waals surface area contributed by atoms with E-state index in [1.807, 2.05) is 30.2 Å². The van der Waals surface area contributed by atoms with Gasteiger partial charge in [-0.25, -0.2) is 4.98 Å². The first-order chi connectivity index (χ1) is 11.8. The number of H-pyrrole nitrogens is 1. The van der Waals surface area contributed by atoms with Gasteiger partial charge in [0.1, 0.15) is 11.1 Å². The van der Waals surface area contributed by atoms with E-state index in [-0.39, 0.29) is 0 Å².